The minimum Gasteiger partial charge on any atom is -0.506 e. The Morgan fingerprint density at radius 2 is 1.54 bits per heavy atom. The number of hydrogen-bond acceptors (Lipinski definition) is 5. The van der Waals surface area contributed by atoms with Crippen LogP contribution in [0.1, 0.15) is 6.92 Å². The Hall–Kier alpha value is -4.68. The van der Waals surface area contributed by atoms with Crippen molar-refractivity contribution in [3.8, 4) is 50.0 Å². The van der Waals surface area contributed by atoms with Crippen molar-refractivity contribution < 1.29 is 14.3 Å². The van der Waals surface area contributed by atoms with Crippen molar-refractivity contribution in [2.24, 2.45) is 0 Å². The van der Waals surface area contributed by atoms with Crippen LogP contribution in [0.5, 0.6) is 5.75 Å². The first-order valence-corrected chi connectivity index (χ1v) is 12.7. The number of phenols is 1. The first-order chi connectivity index (χ1) is 18.1. The molecular weight excluding hydrogens is 480 g/mol. The fraction of sp³-hybridized carbons (Fsp3) is 0.0323. The molecule has 0 aliphatic carbocycles. The van der Waals surface area contributed by atoms with E-state index in [-0.39, 0.29) is 23.4 Å². The molecule has 6 rings (SSSR count). The summed E-state index contributed by atoms with van der Waals surface area (Å²) in [7, 11) is 0. The van der Waals surface area contributed by atoms with Crippen molar-refractivity contribution in [1.29, 1.82) is 0 Å². The molecule has 0 spiro atoms. The third-order valence-electron chi connectivity index (χ3n) is 6.22. The Labute approximate surface area is 217 Å². The van der Waals surface area contributed by atoms with E-state index in [1.807, 2.05) is 53.9 Å². The SMILES string of the molecule is CC(=O)Nc1oc(-c2cccc(-c3ccc(-c4ccc5ccccc5c4)cc3)c2O)nc1-c1cccs1. The van der Waals surface area contributed by atoms with E-state index in [2.05, 4.69) is 52.8 Å². The van der Waals surface area contributed by atoms with Crippen LogP contribution in [0, 0.1) is 0 Å². The largest absolute Gasteiger partial charge is 0.506 e. The molecule has 2 heterocycles. The predicted octanol–water partition coefficient (Wildman–Crippen LogP) is 8.22. The van der Waals surface area contributed by atoms with E-state index in [1.54, 1.807) is 6.07 Å². The van der Waals surface area contributed by atoms with Crippen LogP contribution in [0.3, 0.4) is 0 Å². The van der Waals surface area contributed by atoms with Crippen LogP contribution in [-0.2, 0) is 4.79 Å². The van der Waals surface area contributed by atoms with Crippen LogP contribution in [0.2, 0.25) is 0 Å². The van der Waals surface area contributed by atoms with Crippen molar-refractivity contribution in [2.45, 2.75) is 6.92 Å². The van der Waals surface area contributed by atoms with Crippen LogP contribution in [0.15, 0.2) is 107 Å². The molecule has 0 saturated carbocycles. The highest BCUT2D eigenvalue weighted by Gasteiger charge is 2.21. The summed E-state index contributed by atoms with van der Waals surface area (Å²) >= 11 is 1.49. The van der Waals surface area contributed by atoms with E-state index < -0.39 is 0 Å². The number of amides is 1. The number of oxazole rings is 1. The number of phenolic OH excluding ortho intramolecular Hbond substituents is 1. The molecule has 5 nitrogen and oxygen atoms in total. The molecule has 0 fully saturated rings. The smallest absolute Gasteiger partial charge is 0.233 e. The average Bonchev–Trinajstić information content (AvgIpc) is 3.59. The number of rotatable bonds is 5. The van der Waals surface area contributed by atoms with Gasteiger partial charge >= 0.3 is 0 Å². The minimum atomic E-state index is -0.259. The van der Waals surface area contributed by atoms with Gasteiger partial charge in [0.1, 0.15) is 11.4 Å². The third-order valence-corrected chi connectivity index (χ3v) is 7.09. The number of nitrogens with one attached hydrogen (secondary N) is 1. The Morgan fingerprint density at radius 1 is 0.811 bits per heavy atom. The van der Waals surface area contributed by atoms with Gasteiger partial charge < -0.3 is 9.52 Å². The highest BCUT2D eigenvalue weighted by Crippen LogP contribution is 2.41. The third kappa shape index (κ3) is 4.39. The quantitative estimate of drug-likeness (QED) is 0.249. The molecule has 0 atom stereocenters. The summed E-state index contributed by atoms with van der Waals surface area (Å²) in [5.41, 5.74) is 4.75. The predicted molar refractivity (Wildman–Crippen MR) is 150 cm³/mol. The molecular formula is C31H22N2O3S. The standard InChI is InChI=1S/C31H22N2O3S/c1-19(34)32-31-28(27-10-5-17-37-27)33-30(36-31)26-9-4-8-25(29(26)35)22-14-11-21(12-15-22)24-16-13-20-6-2-3-7-23(20)18-24/h2-18,35H,1H3,(H,32,34). The molecule has 180 valence electrons. The number of aromatic hydroxyl groups is 1. The first-order valence-electron chi connectivity index (χ1n) is 11.8. The molecule has 0 aliphatic rings. The van der Waals surface area contributed by atoms with E-state index >= 15 is 0 Å². The van der Waals surface area contributed by atoms with Gasteiger partial charge in [-0.15, -0.1) is 11.3 Å². The Kier molecular flexibility index (Phi) is 5.79. The molecule has 37 heavy (non-hydrogen) atoms. The maximum Gasteiger partial charge on any atom is 0.233 e. The minimum absolute atomic E-state index is 0.0642. The van der Waals surface area contributed by atoms with Gasteiger partial charge in [-0.2, -0.15) is 0 Å². The van der Waals surface area contributed by atoms with Gasteiger partial charge in [0.05, 0.1) is 10.4 Å². The van der Waals surface area contributed by atoms with Crippen LogP contribution in [-0.4, -0.2) is 16.0 Å². The van der Waals surface area contributed by atoms with Crippen molar-refractivity contribution in [1.82, 2.24) is 4.98 Å². The first kappa shape index (κ1) is 22.8. The van der Waals surface area contributed by atoms with Gasteiger partial charge in [-0.25, -0.2) is 4.98 Å². The molecule has 0 bridgehead atoms. The lowest BCUT2D eigenvalue weighted by Crippen LogP contribution is -2.05. The van der Waals surface area contributed by atoms with Crippen LogP contribution in [0.25, 0.3) is 55.1 Å². The zero-order chi connectivity index (χ0) is 25.4. The Bertz CT molecular complexity index is 1740. The van der Waals surface area contributed by atoms with Gasteiger partial charge in [-0.3, -0.25) is 10.1 Å². The van der Waals surface area contributed by atoms with Gasteiger partial charge in [0.15, 0.2) is 0 Å². The molecule has 2 aromatic heterocycles. The summed E-state index contributed by atoms with van der Waals surface area (Å²) in [4.78, 5) is 17.2. The number of benzene rings is 4. The van der Waals surface area contributed by atoms with E-state index in [0.717, 1.165) is 21.6 Å². The van der Waals surface area contributed by atoms with E-state index in [4.69, 9.17) is 4.42 Å². The van der Waals surface area contributed by atoms with Gasteiger partial charge in [0.2, 0.25) is 17.7 Å². The van der Waals surface area contributed by atoms with Gasteiger partial charge in [0.25, 0.3) is 0 Å². The van der Waals surface area contributed by atoms with Gasteiger partial charge in [-0.1, -0.05) is 78.9 Å². The molecule has 0 saturated heterocycles. The number of thiophene rings is 1. The molecule has 0 aliphatic heterocycles. The summed E-state index contributed by atoms with van der Waals surface area (Å²) in [6, 6.07) is 32.1. The average molecular weight is 503 g/mol. The molecule has 4 aromatic carbocycles. The fourth-order valence-electron chi connectivity index (χ4n) is 4.42. The second-order valence-corrected chi connectivity index (χ2v) is 9.64. The highest BCUT2D eigenvalue weighted by atomic mass is 32.1. The van der Waals surface area contributed by atoms with Gasteiger partial charge in [-0.05, 0) is 51.0 Å². The zero-order valence-electron chi connectivity index (χ0n) is 19.9. The number of carbonyl (C=O) groups excluding carboxylic acids is 1. The number of carbonyl (C=O) groups is 1. The van der Waals surface area contributed by atoms with Gasteiger partial charge in [0, 0.05) is 12.5 Å². The zero-order valence-corrected chi connectivity index (χ0v) is 20.8. The van der Waals surface area contributed by atoms with Crippen molar-refractivity contribution >= 4 is 33.9 Å². The monoisotopic (exact) mass is 502 g/mol. The molecule has 6 heteroatoms. The second-order valence-electron chi connectivity index (χ2n) is 8.70. The van der Waals surface area contributed by atoms with Crippen molar-refractivity contribution in [3.63, 3.8) is 0 Å². The number of hydrogen-bond donors (Lipinski definition) is 2. The van der Waals surface area contributed by atoms with E-state index in [0.29, 0.717) is 16.8 Å². The fourth-order valence-corrected chi connectivity index (χ4v) is 5.13. The van der Waals surface area contributed by atoms with Crippen LogP contribution >= 0.6 is 11.3 Å². The summed E-state index contributed by atoms with van der Waals surface area (Å²) in [5, 5.41) is 18.3. The number of nitrogens with zero attached hydrogens (tertiary/aromatic N) is 1. The van der Waals surface area contributed by atoms with Crippen molar-refractivity contribution in [2.75, 3.05) is 5.32 Å². The number of aromatic nitrogens is 1. The lowest BCUT2D eigenvalue weighted by molar-refractivity contribution is -0.114. The maximum absolute atomic E-state index is 11.7. The molecule has 1 amide bonds. The number of para-hydroxylation sites is 1. The maximum atomic E-state index is 11.7. The van der Waals surface area contributed by atoms with Crippen LogP contribution < -0.4 is 5.32 Å². The van der Waals surface area contributed by atoms with Crippen LogP contribution in [0.4, 0.5) is 5.88 Å². The Morgan fingerprint density at radius 3 is 2.30 bits per heavy atom. The molecule has 0 radical (unpaired) electrons. The number of fused-ring (bicyclic) bond motifs is 1. The summed E-state index contributed by atoms with van der Waals surface area (Å²) < 4.78 is 5.92. The lowest BCUT2D eigenvalue weighted by Gasteiger charge is -2.10. The molecule has 2 N–H and O–H groups in total. The highest BCUT2D eigenvalue weighted by molar-refractivity contribution is 7.13. The summed E-state index contributed by atoms with van der Waals surface area (Å²) in [6.07, 6.45) is 0. The normalized spacial score (nSPS) is 11.1. The van der Waals surface area contributed by atoms with E-state index in [9.17, 15) is 9.90 Å². The second kappa shape index (κ2) is 9.41. The van der Waals surface area contributed by atoms with E-state index in [1.165, 1.54) is 29.0 Å². The van der Waals surface area contributed by atoms with Crippen molar-refractivity contribution in [3.05, 3.63) is 102 Å². The topological polar surface area (TPSA) is 75.4 Å². The summed E-state index contributed by atoms with van der Waals surface area (Å²) in [5.74, 6) is 0.299. The summed E-state index contributed by atoms with van der Waals surface area (Å²) in [6.45, 7) is 1.42. The Balaban J connectivity index is 1.36. The number of anilines is 1. The molecule has 6 aromatic rings. The lowest BCUT2D eigenvalue weighted by atomic mass is 9.97. The molecule has 0 unspecified atom stereocenters.